The van der Waals surface area contributed by atoms with E-state index in [1.165, 1.54) is 0 Å². The van der Waals surface area contributed by atoms with Gasteiger partial charge in [-0.1, -0.05) is 30.3 Å². The van der Waals surface area contributed by atoms with Crippen LogP contribution in [0.4, 0.5) is 0 Å². The Morgan fingerprint density at radius 3 is 1.75 bits per heavy atom. The molecule has 9 heteroatoms. The molecule has 0 saturated heterocycles. The lowest BCUT2D eigenvalue weighted by Gasteiger charge is -2.09. The fraction of sp³-hybridized carbons (Fsp3) is 0. The van der Waals surface area contributed by atoms with E-state index in [-0.39, 0.29) is 31.6 Å². The first kappa shape index (κ1) is 14.7. The summed E-state index contributed by atoms with van der Waals surface area (Å²) in [4.78, 5) is 40.1. The van der Waals surface area contributed by atoms with Crippen LogP contribution in [0.5, 0.6) is 0 Å². The topological polar surface area (TPSA) is 110 Å². The number of hydrogen-bond acceptors (Lipinski definition) is 5. The lowest BCUT2D eigenvalue weighted by Crippen LogP contribution is -2.15. The summed E-state index contributed by atoms with van der Waals surface area (Å²) < 4.78 is 0.309. The van der Waals surface area contributed by atoms with Crippen molar-refractivity contribution < 1.29 is 0 Å². The molecule has 0 aliphatic rings. The largest absolute Gasteiger partial charge is 0.316 e. The van der Waals surface area contributed by atoms with Crippen molar-refractivity contribution >= 4 is 46.5 Å². The number of nitrogens with one attached hydrogen (secondary N) is 4. The molecule has 0 fully saturated rings. The molecule has 7 nitrogen and oxygen atoms in total. The van der Waals surface area contributed by atoms with Gasteiger partial charge < -0.3 is 9.97 Å². The molecule has 3 heterocycles. The summed E-state index contributed by atoms with van der Waals surface area (Å²) >= 11 is 10.0. The molecule has 1 aromatic carbocycles. The van der Waals surface area contributed by atoms with Gasteiger partial charge in [-0.05, 0) is 30.0 Å². The van der Waals surface area contributed by atoms with Crippen LogP contribution in [0.1, 0.15) is 0 Å². The standard InChI is InChI=1S/C15H9N5O2S2/c21-12-8-7(6-4-2-1-3-5-6)9-11(18-15(24)20-13(9)22)16-10(8)17-14(23)19-12/h1-5H,(H4,16,17,18,19,20,21,22,23,24). The first-order chi connectivity index (χ1) is 11.5. The highest BCUT2D eigenvalue weighted by atomic mass is 32.1. The molecule has 0 amide bonds. The summed E-state index contributed by atoms with van der Waals surface area (Å²) in [6.07, 6.45) is 0. The number of aromatic nitrogens is 5. The van der Waals surface area contributed by atoms with Crippen molar-refractivity contribution in [3.05, 3.63) is 60.6 Å². The summed E-state index contributed by atoms with van der Waals surface area (Å²) in [6, 6.07) is 9.13. The highest BCUT2D eigenvalue weighted by Crippen LogP contribution is 2.29. The molecule has 4 N–H and O–H groups in total. The van der Waals surface area contributed by atoms with E-state index in [1.54, 1.807) is 0 Å². The highest BCUT2D eigenvalue weighted by Gasteiger charge is 2.17. The summed E-state index contributed by atoms with van der Waals surface area (Å²) in [5.41, 5.74) is 0.919. The van der Waals surface area contributed by atoms with Crippen LogP contribution in [0.3, 0.4) is 0 Å². The predicted octanol–water partition coefficient (Wildman–Crippen LogP) is 2.55. The molecule has 0 bridgehead atoms. The van der Waals surface area contributed by atoms with E-state index in [4.69, 9.17) is 24.4 Å². The zero-order valence-electron chi connectivity index (χ0n) is 12.0. The Bertz CT molecular complexity index is 1250. The van der Waals surface area contributed by atoms with Crippen LogP contribution in [0, 0.1) is 9.54 Å². The third kappa shape index (κ3) is 2.22. The maximum absolute atomic E-state index is 12.5. The van der Waals surface area contributed by atoms with E-state index in [0.29, 0.717) is 11.1 Å². The van der Waals surface area contributed by atoms with Crippen molar-refractivity contribution in [2.45, 2.75) is 0 Å². The Hall–Kier alpha value is -2.91. The molecule has 3 aromatic heterocycles. The normalized spacial score (nSPS) is 11.2. The fourth-order valence-electron chi connectivity index (χ4n) is 2.71. The molecule has 0 unspecified atom stereocenters. The van der Waals surface area contributed by atoms with Gasteiger partial charge in [0.05, 0.1) is 10.8 Å². The Balaban J connectivity index is 2.40. The van der Waals surface area contributed by atoms with Crippen LogP contribution in [-0.2, 0) is 0 Å². The fourth-order valence-corrected chi connectivity index (χ4v) is 3.09. The molecule has 0 saturated carbocycles. The lowest BCUT2D eigenvalue weighted by molar-refractivity contribution is 1.09. The second kappa shape index (κ2) is 5.32. The molecule has 0 radical (unpaired) electrons. The molecule has 0 aliphatic heterocycles. The first-order valence-electron chi connectivity index (χ1n) is 6.92. The molecular formula is C15H9N5O2S2. The monoisotopic (exact) mass is 355 g/mol. The molecule has 0 spiro atoms. The zero-order chi connectivity index (χ0) is 16.8. The smallest absolute Gasteiger partial charge is 0.261 e. The van der Waals surface area contributed by atoms with Gasteiger partial charge in [-0.3, -0.25) is 19.6 Å². The second-order valence-electron chi connectivity index (χ2n) is 5.12. The predicted molar refractivity (Wildman–Crippen MR) is 96.3 cm³/mol. The molecule has 4 aromatic rings. The average Bonchev–Trinajstić information content (AvgIpc) is 2.53. The van der Waals surface area contributed by atoms with Crippen LogP contribution in [0.15, 0.2) is 39.9 Å². The minimum absolute atomic E-state index is 0.154. The molecule has 0 aliphatic carbocycles. The van der Waals surface area contributed by atoms with Gasteiger partial charge in [-0.25, -0.2) is 4.98 Å². The minimum Gasteiger partial charge on any atom is -0.316 e. The van der Waals surface area contributed by atoms with Crippen LogP contribution >= 0.6 is 24.4 Å². The molecule has 4 rings (SSSR count). The van der Waals surface area contributed by atoms with Gasteiger partial charge in [0, 0.05) is 5.56 Å². The molecule has 0 atom stereocenters. The number of pyridine rings is 1. The number of benzene rings is 1. The van der Waals surface area contributed by atoms with E-state index in [2.05, 4.69) is 24.9 Å². The Morgan fingerprint density at radius 1 is 0.750 bits per heavy atom. The summed E-state index contributed by atoms with van der Waals surface area (Å²) in [5, 5.41) is 0.525. The molecule has 24 heavy (non-hydrogen) atoms. The number of rotatable bonds is 1. The lowest BCUT2D eigenvalue weighted by atomic mass is 10.00. The van der Waals surface area contributed by atoms with Gasteiger partial charge in [0.25, 0.3) is 11.1 Å². The van der Waals surface area contributed by atoms with E-state index >= 15 is 0 Å². The van der Waals surface area contributed by atoms with E-state index in [1.807, 2.05) is 30.3 Å². The number of aromatic amines is 4. The van der Waals surface area contributed by atoms with Crippen LogP contribution in [0.25, 0.3) is 33.2 Å². The zero-order valence-corrected chi connectivity index (χ0v) is 13.6. The van der Waals surface area contributed by atoms with Crippen LogP contribution < -0.4 is 11.1 Å². The van der Waals surface area contributed by atoms with Gasteiger partial charge in [-0.15, -0.1) is 0 Å². The SMILES string of the molecule is O=c1[nH]c(=S)[nH]c2nc3[nH]c(=S)[nH]c(=O)c3c(-c3ccccc3)c12. The van der Waals surface area contributed by atoms with Crippen molar-refractivity contribution in [2.24, 2.45) is 0 Å². The first-order valence-corrected chi connectivity index (χ1v) is 7.74. The van der Waals surface area contributed by atoms with Crippen LogP contribution in [0.2, 0.25) is 0 Å². The van der Waals surface area contributed by atoms with Crippen molar-refractivity contribution in [3.63, 3.8) is 0 Å². The van der Waals surface area contributed by atoms with Gasteiger partial charge in [0.15, 0.2) is 9.54 Å². The van der Waals surface area contributed by atoms with E-state index in [9.17, 15) is 9.59 Å². The summed E-state index contributed by atoms with van der Waals surface area (Å²) in [7, 11) is 0. The average molecular weight is 355 g/mol. The number of nitrogens with zero attached hydrogens (tertiary/aromatic N) is 1. The third-order valence-corrected chi connectivity index (χ3v) is 4.04. The quantitative estimate of drug-likeness (QED) is 0.310. The molecule has 118 valence electrons. The number of H-pyrrole nitrogens is 4. The van der Waals surface area contributed by atoms with Crippen LogP contribution in [-0.4, -0.2) is 24.9 Å². The van der Waals surface area contributed by atoms with Gasteiger partial charge in [0.1, 0.15) is 11.3 Å². The van der Waals surface area contributed by atoms with E-state index in [0.717, 1.165) is 0 Å². The minimum atomic E-state index is -0.413. The van der Waals surface area contributed by atoms with Gasteiger partial charge in [0.2, 0.25) is 0 Å². The summed E-state index contributed by atoms with van der Waals surface area (Å²) in [6.45, 7) is 0. The van der Waals surface area contributed by atoms with E-state index < -0.39 is 11.1 Å². The number of hydrogen-bond donors (Lipinski definition) is 4. The maximum Gasteiger partial charge on any atom is 0.261 e. The van der Waals surface area contributed by atoms with Crippen molar-refractivity contribution in [1.82, 2.24) is 24.9 Å². The Labute approximate surface area is 143 Å². The summed E-state index contributed by atoms with van der Waals surface area (Å²) in [5.74, 6) is 0. The van der Waals surface area contributed by atoms with Gasteiger partial charge >= 0.3 is 0 Å². The van der Waals surface area contributed by atoms with Crippen molar-refractivity contribution in [3.8, 4) is 11.1 Å². The second-order valence-corrected chi connectivity index (χ2v) is 5.93. The molecular weight excluding hydrogens is 346 g/mol. The highest BCUT2D eigenvalue weighted by molar-refractivity contribution is 7.71. The third-order valence-electron chi connectivity index (χ3n) is 3.63. The Morgan fingerprint density at radius 2 is 1.25 bits per heavy atom. The maximum atomic E-state index is 12.5. The van der Waals surface area contributed by atoms with Gasteiger partial charge in [-0.2, -0.15) is 0 Å². The van der Waals surface area contributed by atoms with Crippen molar-refractivity contribution in [1.29, 1.82) is 0 Å². The Kier molecular flexibility index (Phi) is 3.25. The van der Waals surface area contributed by atoms with Crippen molar-refractivity contribution in [2.75, 3.05) is 0 Å². The number of fused-ring (bicyclic) bond motifs is 2.